The van der Waals surface area contributed by atoms with E-state index in [4.69, 9.17) is 5.73 Å². The van der Waals surface area contributed by atoms with E-state index in [1.165, 1.54) is 25.7 Å². The second-order valence-electron chi connectivity index (χ2n) is 7.14. The number of carbonyl (C=O) groups excluding carboxylic acids is 1. The summed E-state index contributed by atoms with van der Waals surface area (Å²) in [4.78, 5) is 11.9. The van der Waals surface area contributed by atoms with Gasteiger partial charge in [-0.1, -0.05) is 33.6 Å². The van der Waals surface area contributed by atoms with Crippen molar-refractivity contribution in [1.82, 2.24) is 5.32 Å². The van der Waals surface area contributed by atoms with Crippen LogP contribution in [-0.2, 0) is 4.79 Å². The molecule has 0 aromatic heterocycles. The molecular formula is C16H32N2O. The Morgan fingerprint density at radius 3 is 2.68 bits per heavy atom. The highest BCUT2D eigenvalue weighted by Gasteiger charge is 2.21. The van der Waals surface area contributed by atoms with Crippen molar-refractivity contribution in [2.75, 3.05) is 13.1 Å². The largest absolute Gasteiger partial charge is 0.356 e. The molecule has 19 heavy (non-hydrogen) atoms. The molecule has 3 heteroatoms. The molecule has 0 saturated heterocycles. The molecule has 3 nitrogen and oxygen atoms in total. The minimum absolute atomic E-state index is 0.186. The number of rotatable bonds is 7. The molecule has 2 unspecified atom stereocenters. The van der Waals surface area contributed by atoms with Crippen molar-refractivity contribution in [2.45, 2.75) is 65.7 Å². The normalized spacial score (nSPS) is 24.2. The summed E-state index contributed by atoms with van der Waals surface area (Å²) >= 11 is 0. The molecule has 3 N–H and O–H groups in total. The molecule has 112 valence electrons. The third kappa shape index (κ3) is 6.95. The number of amides is 1. The van der Waals surface area contributed by atoms with Crippen LogP contribution < -0.4 is 11.1 Å². The number of hydrogen-bond acceptors (Lipinski definition) is 2. The van der Waals surface area contributed by atoms with E-state index in [9.17, 15) is 4.79 Å². The molecule has 0 aliphatic heterocycles. The molecule has 1 fully saturated rings. The average molecular weight is 268 g/mol. The predicted octanol–water partition coefficient (Wildman–Crippen LogP) is 3.08. The van der Waals surface area contributed by atoms with Crippen molar-refractivity contribution in [3.63, 3.8) is 0 Å². The van der Waals surface area contributed by atoms with Gasteiger partial charge in [-0.05, 0) is 49.5 Å². The van der Waals surface area contributed by atoms with Gasteiger partial charge in [-0.2, -0.15) is 0 Å². The maximum Gasteiger partial charge on any atom is 0.220 e. The maximum absolute atomic E-state index is 11.9. The molecule has 1 amide bonds. The molecule has 0 bridgehead atoms. The zero-order valence-electron chi connectivity index (χ0n) is 13.0. The van der Waals surface area contributed by atoms with Gasteiger partial charge in [0, 0.05) is 13.0 Å². The first kappa shape index (κ1) is 16.5. The Morgan fingerprint density at radius 2 is 2.05 bits per heavy atom. The molecule has 1 aliphatic rings. The molecule has 2 atom stereocenters. The summed E-state index contributed by atoms with van der Waals surface area (Å²) in [6.45, 7) is 8.28. The topological polar surface area (TPSA) is 55.1 Å². The molecule has 0 spiro atoms. The van der Waals surface area contributed by atoms with Crippen LogP contribution >= 0.6 is 0 Å². The first-order valence-electron chi connectivity index (χ1n) is 7.90. The number of nitrogens with two attached hydrogens (primary N) is 1. The Kier molecular flexibility index (Phi) is 6.84. The van der Waals surface area contributed by atoms with E-state index in [1.807, 2.05) is 0 Å². The van der Waals surface area contributed by atoms with Gasteiger partial charge in [-0.25, -0.2) is 0 Å². The van der Waals surface area contributed by atoms with Crippen molar-refractivity contribution >= 4 is 5.91 Å². The monoisotopic (exact) mass is 268 g/mol. The number of hydrogen-bond donors (Lipinski definition) is 2. The second kappa shape index (κ2) is 7.88. The van der Waals surface area contributed by atoms with Crippen LogP contribution in [0.5, 0.6) is 0 Å². The predicted molar refractivity (Wildman–Crippen MR) is 80.8 cm³/mol. The average Bonchev–Trinajstić information content (AvgIpc) is 2.34. The fourth-order valence-corrected chi connectivity index (χ4v) is 3.06. The zero-order chi connectivity index (χ0) is 14.3. The van der Waals surface area contributed by atoms with Crippen LogP contribution in [0.3, 0.4) is 0 Å². The Balaban J connectivity index is 2.17. The van der Waals surface area contributed by atoms with Gasteiger partial charge in [0.05, 0.1) is 0 Å². The van der Waals surface area contributed by atoms with Crippen LogP contribution in [-0.4, -0.2) is 19.0 Å². The highest BCUT2D eigenvalue weighted by Crippen LogP contribution is 2.28. The Bertz CT molecular complexity index is 276. The second-order valence-corrected chi connectivity index (χ2v) is 7.14. The smallest absolute Gasteiger partial charge is 0.220 e. The van der Waals surface area contributed by atoms with Crippen molar-refractivity contribution in [1.29, 1.82) is 0 Å². The van der Waals surface area contributed by atoms with Crippen LogP contribution in [0.2, 0.25) is 0 Å². The van der Waals surface area contributed by atoms with Crippen LogP contribution in [0, 0.1) is 17.3 Å². The summed E-state index contributed by atoms with van der Waals surface area (Å²) in [5, 5.41) is 3.12. The lowest BCUT2D eigenvalue weighted by atomic mass is 9.82. The van der Waals surface area contributed by atoms with E-state index in [0.29, 0.717) is 18.9 Å². The van der Waals surface area contributed by atoms with Gasteiger partial charge in [0.15, 0.2) is 0 Å². The highest BCUT2D eigenvalue weighted by atomic mass is 16.1. The molecule has 1 saturated carbocycles. The molecule has 0 radical (unpaired) electrons. The van der Waals surface area contributed by atoms with E-state index in [1.54, 1.807) is 0 Å². The minimum atomic E-state index is 0.186. The van der Waals surface area contributed by atoms with Gasteiger partial charge < -0.3 is 11.1 Å². The summed E-state index contributed by atoms with van der Waals surface area (Å²) < 4.78 is 0. The van der Waals surface area contributed by atoms with Crippen molar-refractivity contribution in [3.8, 4) is 0 Å². The lowest BCUT2D eigenvalue weighted by Gasteiger charge is -2.27. The zero-order valence-corrected chi connectivity index (χ0v) is 13.0. The number of nitrogens with one attached hydrogen (secondary N) is 1. The van der Waals surface area contributed by atoms with Gasteiger partial charge in [-0.15, -0.1) is 0 Å². The Labute approximate surface area is 118 Å². The summed E-state index contributed by atoms with van der Waals surface area (Å²) in [6.07, 6.45) is 7.79. The Morgan fingerprint density at radius 1 is 1.32 bits per heavy atom. The van der Waals surface area contributed by atoms with Crippen molar-refractivity contribution in [2.24, 2.45) is 23.0 Å². The van der Waals surface area contributed by atoms with E-state index in [0.717, 1.165) is 25.3 Å². The minimum Gasteiger partial charge on any atom is -0.356 e. The molecule has 0 heterocycles. The van der Waals surface area contributed by atoms with E-state index >= 15 is 0 Å². The van der Waals surface area contributed by atoms with Crippen molar-refractivity contribution < 1.29 is 4.79 Å². The van der Waals surface area contributed by atoms with Crippen molar-refractivity contribution in [3.05, 3.63) is 0 Å². The highest BCUT2D eigenvalue weighted by molar-refractivity contribution is 5.75. The van der Waals surface area contributed by atoms with Gasteiger partial charge in [0.1, 0.15) is 0 Å². The van der Waals surface area contributed by atoms with E-state index < -0.39 is 0 Å². The maximum atomic E-state index is 11.9. The van der Waals surface area contributed by atoms with E-state index in [2.05, 4.69) is 26.1 Å². The SMILES string of the molecule is CC1CCCC(CNC(=O)CCC(C)(C)CCN)C1. The van der Waals surface area contributed by atoms with Crippen LogP contribution in [0.15, 0.2) is 0 Å². The fourth-order valence-electron chi connectivity index (χ4n) is 3.06. The van der Waals surface area contributed by atoms with Gasteiger partial charge in [-0.3, -0.25) is 4.79 Å². The summed E-state index contributed by atoms with van der Waals surface area (Å²) in [6, 6.07) is 0. The quantitative estimate of drug-likeness (QED) is 0.745. The first-order chi connectivity index (χ1) is 8.93. The molecule has 0 aromatic rings. The third-order valence-electron chi connectivity index (χ3n) is 4.48. The summed E-state index contributed by atoms with van der Waals surface area (Å²) in [5.41, 5.74) is 5.78. The molecular weight excluding hydrogens is 236 g/mol. The van der Waals surface area contributed by atoms with Gasteiger partial charge in [0.25, 0.3) is 0 Å². The Hall–Kier alpha value is -0.570. The standard InChI is InChI=1S/C16H32N2O/c1-13-5-4-6-14(11-13)12-18-15(19)7-8-16(2,3)9-10-17/h13-14H,4-12,17H2,1-3H3,(H,18,19). The molecule has 1 aliphatic carbocycles. The lowest BCUT2D eigenvalue weighted by molar-refractivity contribution is -0.121. The lowest BCUT2D eigenvalue weighted by Crippen LogP contribution is -2.32. The molecule has 1 rings (SSSR count). The van der Waals surface area contributed by atoms with Crippen LogP contribution in [0.1, 0.15) is 65.7 Å². The summed E-state index contributed by atoms with van der Waals surface area (Å²) in [7, 11) is 0. The van der Waals surface area contributed by atoms with Crippen LogP contribution in [0.25, 0.3) is 0 Å². The van der Waals surface area contributed by atoms with Gasteiger partial charge >= 0.3 is 0 Å². The third-order valence-corrected chi connectivity index (χ3v) is 4.48. The number of carbonyl (C=O) groups is 1. The van der Waals surface area contributed by atoms with Crippen LogP contribution in [0.4, 0.5) is 0 Å². The van der Waals surface area contributed by atoms with Gasteiger partial charge in [0.2, 0.25) is 5.91 Å². The molecule has 0 aromatic carbocycles. The fraction of sp³-hybridized carbons (Fsp3) is 0.938. The summed E-state index contributed by atoms with van der Waals surface area (Å²) in [5.74, 6) is 1.74. The first-order valence-corrected chi connectivity index (χ1v) is 7.90. The van der Waals surface area contributed by atoms with E-state index in [-0.39, 0.29) is 11.3 Å².